The second-order valence-corrected chi connectivity index (χ2v) is 10.4. The molecule has 132 valence electrons. The number of rotatable bonds is 9. The molecule has 0 radical (unpaired) electrons. The Kier molecular flexibility index (Phi) is 7.80. The highest BCUT2D eigenvalue weighted by molar-refractivity contribution is 7.99. The van der Waals surface area contributed by atoms with Gasteiger partial charge in [-0.1, -0.05) is 27.7 Å². The number of carbonyl (C=O) groups excluding carboxylic acids is 3. The third kappa shape index (κ3) is 5.63. The molecule has 1 unspecified atom stereocenters. The Hall–Kier alpha value is -0.823. The van der Waals surface area contributed by atoms with Crippen LogP contribution in [0.2, 0.25) is 5.04 Å². The van der Waals surface area contributed by atoms with Crippen molar-refractivity contribution < 1.29 is 14.4 Å². The van der Waals surface area contributed by atoms with Gasteiger partial charge in [0.2, 0.25) is 17.7 Å². The van der Waals surface area contributed by atoms with Crippen molar-refractivity contribution in [1.82, 2.24) is 10.2 Å². The lowest BCUT2D eigenvalue weighted by atomic mass is 9.93. The van der Waals surface area contributed by atoms with Crippen molar-refractivity contribution in [3.8, 4) is 0 Å². The van der Waals surface area contributed by atoms with Crippen LogP contribution < -0.4 is 5.32 Å². The number of nitrogens with zero attached hydrogens (tertiary/aromatic N) is 1. The fourth-order valence-electron chi connectivity index (χ4n) is 2.53. The summed E-state index contributed by atoms with van der Waals surface area (Å²) in [6.07, 6.45) is 1.68. The normalized spacial score (nSPS) is 21.7. The highest BCUT2D eigenvalue weighted by atomic mass is 32.2. The maximum Gasteiger partial charge on any atom is 0.232 e. The number of amides is 3. The molecule has 0 aromatic carbocycles. The molecule has 7 heteroatoms. The van der Waals surface area contributed by atoms with Crippen LogP contribution in [0.5, 0.6) is 0 Å². The van der Waals surface area contributed by atoms with Crippen molar-refractivity contribution >= 4 is 39.7 Å². The fourth-order valence-corrected chi connectivity index (χ4v) is 3.89. The zero-order valence-corrected chi connectivity index (χ0v) is 17.8. The molecular formula is C16H30N2O3SSi. The molecule has 1 heterocycles. The molecule has 1 rings (SSSR count). The molecule has 1 fully saturated rings. The van der Waals surface area contributed by atoms with Gasteiger partial charge in [0.15, 0.2) is 0 Å². The van der Waals surface area contributed by atoms with E-state index in [2.05, 4.69) is 19.2 Å². The minimum atomic E-state index is -0.463. The molecule has 1 aliphatic heterocycles. The van der Waals surface area contributed by atoms with Gasteiger partial charge in [-0.15, -0.1) is 0 Å². The van der Waals surface area contributed by atoms with Crippen molar-refractivity contribution in [1.29, 1.82) is 0 Å². The van der Waals surface area contributed by atoms with E-state index in [0.717, 1.165) is 12.2 Å². The Morgan fingerprint density at radius 2 is 2.00 bits per heavy atom. The standard InChI is InChI=1S/C16H30N2O3SSi/c1-11(2)16(23)10-14(20)18(15(16)21)8-7-17-13(19)6-5-9-22-12(3)4/h11-12H,5-10H2,1-4,23H3,(H,17,19). The van der Waals surface area contributed by atoms with Crippen LogP contribution in [0, 0.1) is 5.92 Å². The van der Waals surface area contributed by atoms with E-state index >= 15 is 0 Å². The fraction of sp³-hybridized carbons (Fsp3) is 0.812. The summed E-state index contributed by atoms with van der Waals surface area (Å²) < 4.78 is 0. The summed E-state index contributed by atoms with van der Waals surface area (Å²) in [6, 6.07) is 0. The topological polar surface area (TPSA) is 66.5 Å². The van der Waals surface area contributed by atoms with Gasteiger partial charge in [0.1, 0.15) is 0 Å². The van der Waals surface area contributed by atoms with Crippen LogP contribution in [0.15, 0.2) is 0 Å². The first-order chi connectivity index (χ1) is 10.7. The van der Waals surface area contributed by atoms with Crippen LogP contribution in [-0.2, 0) is 14.4 Å². The Labute approximate surface area is 146 Å². The second kappa shape index (κ2) is 8.87. The SMILES string of the molecule is CC(C)SCCCC(=O)NCCN1C(=O)CC([SiH3])(C(C)C)C1=O. The Balaban J connectivity index is 2.32. The minimum Gasteiger partial charge on any atom is -0.354 e. The number of thioether (sulfide) groups is 1. The van der Waals surface area contributed by atoms with Crippen molar-refractivity contribution in [2.45, 2.75) is 57.2 Å². The quantitative estimate of drug-likeness (QED) is 0.379. The van der Waals surface area contributed by atoms with E-state index < -0.39 is 5.04 Å². The van der Waals surface area contributed by atoms with Crippen LogP contribution in [0.3, 0.4) is 0 Å². The van der Waals surface area contributed by atoms with Crippen LogP contribution in [0.4, 0.5) is 0 Å². The molecule has 3 amide bonds. The average molecular weight is 359 g/mol. The predicted octanol–water partition coefficient (Wildman–Crippen LogP) is 0.963. The monoisotopic (exact) mass is 358 g/mol. The van der Waals surface area contributed by atoms with Crippen molar-refractivity contribution in [2.24, 2.45) is 5.92 Å². The van der Waals surface area contributed by atoms with Crippen molar-refractivity contribution in [2.75, 3.05) is 18.8 Å². The molecule has 0 saturated carbocycles. The van der Waals surface area contributed by atoms with Gasteiger partial charge in [-0.05, 0) is 23.3 Å². The summed E-state index contributed by atoms with van der Waals surface area (Å²) in [5, 5.41) is 2.94. The summed E-state index contributed by atoms with van der Waals surface area (Å²) in [5.41, 5.74) is 0. The summed E-state index contributed by atoms with van der Waals surface area (Å²) >= 11 is 1.85. The van der Waals surface area contributed by atoms with Gasteiger partial charge in [0.05, 0.1) is 0 Å². The third-order valence-corrected chi connectivity index (χ3v) is 7.61. The lowest BCUT2D eigenvalue weighted by Crippen LogP contribution is -2.40. The maximum absolute atomic E-state index is 12.5. The van der Waals surface area contributed by atoms with E-state index in [-0.39, 0.29) is 23.6 Å². The first-order valence-electron chi connectivity index (χ1n) is 8.41. The predicted molar refractivity (Wildman–Crippen MR) is 98.6 cm³/mol. The second-order valence-electron chi connectivity index (χ2n) is 6.97. The van der Waals surface area contributed by atoms with Crippen LogP contribution in [0.1, 0.15) is 47.0 Å². The molecule has 23 heavy (non-hydrogen) atoms. The van der Waals surface area contributed by atoms with Gasteiger partial charge < -0.3 is 5.32 Å². The summed E-state index contributed by atoms with van der Waals surface area (Å²) in [6.45, 7) is 8.92. The minimum absolute atomic E-state index is 0.00514. The van der Waals surface area contributed by atoms with E-state index in [1.165, 1.54) is 4.90 Å². The lowest BCUT2D eigenvalue weighted by molar-refractivity contribution is -0.139. The summed E-state index contributed by atoms with van der Waals surface area (Å²) in [7, 11) is 0.680. The Bertz CT molecular complexity index is 457. The molecule has 1 atom stereocenters. The number of likely N-dealkylation sites (tertiary alicyclic amines) is 1. The van der Waals surface area contributed by atoms with Gasteiger partial charge >= 0.3 is 0 Å². The zero-order chi connectivity index (χ0) is 17.6. The number of imide groups is 1. The molecule has 0 aliphatic carbocycles. The number of hydrogen-bond acceptors (Lipinski definition) is 4. The zero-order valence-electron chi connectivity index (χ0n) is 15.0. The highest BCUT2D eigenvalue weighted by Gasteiger charge is 2.49. The molecule has 0 bridgehead atoms. The van der Waals surface area contributed by atoms with E-state index in [1.807, 2.05) is 25.6 Å². The first kappa shape index (κ1) is 20.2. The van der Waals surface area contributed by atoms with Crippen LogP contribution >= 0.6 is 11.8 Å². The smallest absolute Gasteiger partial charge is 0.232 e. The van der Waals surface area contributed by atoms with Gasteiger partial charge in [-0.2, -0.15) is 11.8 Å². The van der Waals surface area contributed by atoms with E-state index in [0.29, 0.717) is 41.4 Å². The number of nitrogens with one attached hydrogen (secondary N) is 1. The molecular weight excluding hydrogens is 328 g/mol. The molecule has 1 aliphatic rings. The first-order valence-corrected chi connectivity index (χ1v) is 10.5. The van der Waals surface area contributed by atoms with Gasteiger partial charge in [0.25, 0.3) is 0 Å². The third-order valence-electron chi connectivity index (χ3n) is 4.48. The molecule has 0 aromatic heterocycles. The average Bonchev–Trinajstić information content (AvgIpc) is 2.67. The largest absolute Gasteiger partial charge is 0.354 e. The Morgan fingerprint density at radius 1 is 1.35 bits per heavy atom. The van der Waals surface area contributed by atoms with E-state index in [4.69, 9.17) is 0 Å². The van der Waals surface area contributed by atoms with Gasteiger partial charge in [-0.25, -0.2) is 0 Å². The summed E-state index contributed by atoms with van der Waals surface area (Å²) in [5.74, 6) is 1.01. The molecule has 0 spiro atoms. The Morgan fingerprint density at radius 3 is 2.52 bits per heavy atom. The van der Waals surface area contributed by atoms with Crippen LogP contribution in [-0.4, -0.2) is 57.0 Å². The van der Waals surface area contributed by atoms with Gasteiger partial charge in [-0.3, -0.25) is 19.3 Å². The van der Waals surface area contributed by atoms with E-state index in [1.54, 1.807) is 0 Å². The number of hydrogen-bond donors (Lipinski definition) is 1. The van der Waals surface area contributed by atoms with Gasteiger partial charge in [0, 0.05) is 41.2 Å². The molecule has 0 aromatic rings. The van der Waals surface area contributed by atoms with Crippen molar-refractivity contribution in [3.05, 3.63) is 0 Å². The lowest BCUT2D eigenvalue weighted by Gasteiger charge is -2.26. The van der Waals surface area contributed by atoms with Crippen LogP contribution in [0.25, 0.3) is 0 Å². The summed E-state index contributed by atoms with van der Waals surface area (Å²) in [4.78, 5) is 37.6. The maximum atomic E-state index is 12.5. The van der Waals surface area contributed by atoms with E-state index in [9.17, 15) is 14.4 Å². The highest BCUT2D eigenvalue weighted by Crippen LogP contribution is 2.43. The molecule has 5 nitrogen and oxygen atoms in total. The molecule has 1 saturated heterocycles. The number of carbonyl (C=O) groups is 3. The molecule has 1 N–H and O–H groups in total. The van der Waals surface area contributed by atoms with Crippen molar-refractivity contribution in [3.63, 3.8) is 0 Å².